The highest BCUT2D eigenvalue weighted by molar-refractivity contribution is 5.14. The van der Waals surface area contributed by atoms with Crippen molar-refractivity contribution in [2.75, 3.05) is 19.8 Å². The SMILES string of the molecule is CC(C)(C)NCCCOCCCc1ccccc1. The first-order valence-corrected chi connectivity index (χ1v) is 6.95. The minimum absolute atomic E-state index is 0.216. The zero-order valence-electron chi connectivity index (χ0n) is 12.0. The lowest BCUT2D eigenvalue weighted by molar-refractivity contribution is 0.128. The highest BCUT2D eigenvalue weighted by atomic mass is 16.5. The van der Waals surface area contributed by atoms with Crippen molar-refractivity contribution in [1.82, 2.24) is 5.32 Å². The number of ether oxygens (including phenoxy) is 1. The van der Waals surface area contributed by atoms with Crippen LogP contribution < -0.4 is 5.32 Å². The van der Waals surface area contributed by atoms with Crippen LogP contribution in [0, 0.1) is 0 Å². The molecule has 0 bridgehead atoms. The van der Waals surface area contributed by atoms with Gasteiger partial charge in [-0.2, -0.15) is 0 Å². The minimum Gasteiger partial charge on any atom is -0.381 e. The van der Waals surface area contributed by atoms with Crippen LogP contribution in [0.4, 0.5) is 0 Å². The number of benzene rings is 1. The van der Waals surface area contributed by atoms with Crippen molar-refractivity contribution in [2.24, 2.45) is 0 Å². The van der Waals surface area contributed by atoms with Crippen LogP contribution in [0.2, 0.25) is 0 Å². The molecule has 0 fully saturated rings. The molecule has 102 valence electrons. The highest BCUT2D eigenvalue weighted by Crippen LogP contribution is 2.02. The predicted octanol–water partition coefficient (Wildman–Crippen LogP) is 3.41. The standard InChI is InChI=1S/C16H27NO/c1-16(2,3)17-12-8-14-18-13-7-11-15-9-5-4-6-10-15/h4-6,9-10,17H,7-8,11-14H2,1-3H3. The summed E-state index contributed by atoms with van der Waals surface area (Å²) in [5.41, 5.74) is 1.61. The summed E-state index contributed by atoms with van der Waals surface area (Å²) >= 11 is 0. The topological polar surface area (TPSA) is 21.3 Å². The van der Waals surface area contributed by atoms with Gasteiger partial charge in [-0.1, -0.05) is 30.3 Å². The molecule has 0 spiro atoms. The van der Waals surface area contributed by atoms with E-state index in [9.17, 15) is 0 Å². The molecule has 0 aliphatic carbocycles. The lowest BCUT2D eigenvalue weighted by Gasteiger charge is -2.20. The number of hydrogen-bond acceptors (Lipinski definition) is 2. The largest absolute Gasteiger partial charge is 0.381 e. The van der Waals surface area contributed by atoms with Gasteiger partial charge in [0.05, 0.1) is 0 Å². The van der Waals surface area contributed by atoms with Crippen molar-refractivity contribution < 1.29 is 4.74 Å². The molecular weight excluding hydrogens is 222 g/mol. The summed E-state index contributed by atoms with van der Waals surface area (Å²) in [6.07, 6.45) is 3.31. The summed E-state index contributed by atoms with van der Waals surface area (Å²) in [6.45, 7) is 9.32. The number of hydrogen-bond donors (Lipinski definition) is 1. The quantitative estimate of drug-likeness (QED) is 0.713. The van der Waals surface area contributed by atoms with E-state index in [1.165, 1.54) is 5.56 Å². The van der Waals surface area contributed by atoms with Crippen molar-refractivity contribution in [3.63, 3.8) is 0 Å². The van der Waals surface area contributed by atoms with Gasteiger partial charge < -0.3 is 10.1 Å². The predicted molar refractivity (Wildman–Crippen MR) is 78.0 cm³/mol. The van der Waals surface area contributed by atoms with Gasteiger partial charge in [-0.05, 0) is 52.1 Å². The number of aryl methyl sites for hydroxylation is 1. The fraction of sp³-hybridized carbons (Fsp3) is 0.625. The Bertz CT molecular complexity index is 303. The smallest absolute Gasteiger partial charge is 0.0478 e. The van der Waals surface area contributed by atoms with E-state index in [4.69, 9.17) is 4.74 Å². The van der Waals surface area contributed by atoms with Crippen molar-refractivity contribution in [1.29, 1.82) is 0 Å². The summed E-state index contributed by atoms with van der Waals surface area (Å²) in [5.74, 6) is 0. The Balaban J connectivity index is 1.90. The molecule has 1 rings (SSSR count). The summed E-state index contributed by atoms with van der Waals surface area (Å²) in [6, 6.07) is 10.6. The van der Waals surface area contributed by atoms with E-state index in [0.717, 1.165) is 39.0 Å². The highest BCUT2D eigenvalue weighted by Gasteiger charge is 2.06. The van der Waals surface area contributed by atoms with Crippen LogP contribution >= 0.6 is 0 Å². The first-order valence-electron chi connectivity index (χ1n) is 6.95. The van der Waals surface area contributed by atoms with Crippen LogP contribution in [-0.4, -0.2) is 25.3 Å². The molecule has 0 aromatic heterocycles. The molecule has 1 N–H and O–H groups in total. The van der Waals surface area contributed by atoms with E-state index < -0.39 is 0 Å². The second kappa shape index (κ2) is 8.28. The summed E-state index contributed by atoms with van der Waals surface area (Å²) < 4.78 is 5.63. The van der Waals surface area contributed by atoms with Gasteiger partial charge >= 0.3 is 0 Å². The first kappa shape index (κ1) is 15.2. The maximum atomic E-state index is 5.63. The summed E-state index contributed by atoms with van der Waals surface area (Å²) in [5, 5.41) is 3.46. The molecule has 0 amide bonds. The molecule has 0 aliphatic rings. The molecule has 2 nitrogen and oxygen atoms in total. The normalized spacial score (nSPS) is 11.7. The van der Waals surface area contributed by atoms with Gasteiger partial charge in [-0.25, -0.2) is 0 Å². The Hall–Kier alpha value is -0.860. The van der Waals surface area contributed by atoms with E-state index in [2.05, 4.69) is 56.4 Å². The van der Waals surface area contributed by atoms with Crippen LogP contribution in [0.15, 0.2) is 30.3 Å². The summed E-state index contributed by atoms with van der Waals surface area (Å²) in [7, 11) is 0. The van der Waals surface area contributed by atoms with Crippen LogP contribution in [0.3, 0.4) is 0 Å². The van der Waals surface area contributed by atoms with E-state index >= 15 is 0 Å². The minimum atomic E-state index is 0.216. The van der Waals surface area contributed by atoms with Gasteiger partial charge in [0.25, 0.3) is 0 Å². The van der Waals surface area contributed by atoms with Gasteiger partial charge in [-0.15, -0.1) is 0 Å². The number of rotatable bonds is 8. The lowest BCUT2D eigenvalue weighted by Crippen LogP contribution is -2.36. The van der Waals surface area contributed by atoms with E-state index in [0.29, 0.717) is 0 Å². The zero-order chi connectivity index (χ0) is 13.3. The maximum Gasteiger partial charge on any atom is 0.0478 e. The third-order valence-electron chi connectivity index (χ3n) is 2.72. The van der Waals surface area contributed by atoms with Gasteiger partial charge in [-0.3, -0.25) is 0 Å². The average Bonchev–Trinajstić information content (AvgIpc) is 2.32. The van der Waals surface area contributed by atoms with Crippen LogP contribution in [0.5, 0.6) is 0 Å². The molecule has 0 atom stereocenters. The van der Waals surface area contributed by atoms with Crippen LogP contribution in [-0.2, 0) is 11.2 Å². The molecule has 0 saturated heterocycles. The molecule has 0 heterocycles. The fourth-order valence-electron chi connectivity index (χ4n) is 1.76. The molecule has 0 radical (unpaired) electrons. The van der Waals surface area contributed by atoms with Gasteiger partial charge in [0.1, 0.15) is 0 Å². The van der Waals surface area contributed by atoms with E-state index in [1.807, 2.05) is 0 Å². The zero-order valence-corrected chi connectivity index (χ0v) is 12.0. The van der Waals surface area contributed by atoms with Gasteiger partial charge in [0.2, 0.25) is 0 Å². The Morgan fingerprint density at radius 2 is 1.67 bits per heavy atom. The molecule has 0 saturated carbocycles. The molecule has 0 aliphatic heterocycles. The van der Waals surface area contributed by atoms with Crippen molar-refractivity contribution in [3.8, 4) is 0 Å². The molecular formula is C16H27NO. The molecule has 0 unspecified atom stereocenters. The Kier molecular flexibility index (Phi) is 6.99. The Labute approximate surface area is 112 Å². The second-order valence-electron chi connectivity index (χ2n) is 5.73. The van der Waals surface area contributed by atoms with Crippen molar-refractivity contribution in [2.45, 2.75) is 45.6 Å². The van der Waals surface area contributed by atoms with Crippen LogP contribution in [0.25, 0.3) is 0 Å². The van der Waals surface area contributed by atoms with Crippen molar-refractivity contribution in [3.05, 3.63) is 35.9 Å². The maximum absolute atomic E-state index is 5.63. The second-order valence-corrected chi connectivity index (χ2v) is 5.73. The molecule has 1 aromatic rings. The third kappa shape index (κ3) is 8.26. The Morgan fingerprint density at radius 1 is 1.00 bits per heavy atom. The summed E-state index contributed by atoms with van der Waals surface area (Å²) in [4.78, 5) is 0. The Morgan fingerprint density at radius 3 is 2.33 bits per heavy atom. The van der Waals surface area contributed by atoms with Gasteiger partial charge in [0.15, 0.2) is 0 Å². The third-order valence-corrected chi connectivity index (χ3v) is 2.72. The van der Waals surface area contributed by atoms with E-state index in [-0.39, 0.29) is 5.54 Å². The van der Waals surface area contributed by atoms with Gasteiger partial charge in [0, 0.05) is 18.8 Å². The first-order chi connectivity index (χ1) is 8.58. The van der Waals surface area contributed by atoms with Crippen LogP contribution in [0.1, 0.15) is 39.2 Å². The lowest BCUT2D eigenvalue weighted by atomic mass is 10.1. The molecule has 2 heteroatoms. The average molecular weight is 249 g/mol. The van der Waals surface area contributed by atoms with Crippen molar-refractivity contribution >= 4 is 0 Å². The number of nitrogens with one attached hydrogen (secondary N) is 1. The fourth-order valence-corrected chi connectivity index (χ4v) is 1.76. The van der Waals surface area contributed by atoms with E-state index in [1.54, 1.807) is 0 Å². The molecule has 1 aromatic carbocycles. The molecule has 18 heavy (non-hydrogen) atoms. The monoisotopic (exact) mass is 249 g/mol.